The maximum absolute atomic E-state index is 6.26. The summed E-state index contributed by atoms with van der Waals surface area (Å²) in [4.78, 5) is 0. The van der Waals surface area contributed by atoms with Crippen LogP contribution in [0.5, 0.6) is 0 Å². The van der Waals surface area contributed by atoms with Gasteiger partial charge < -0.3 is 5.73 Å². The lowest BCUT2D eigenvalue weighted by atomic mass is 9.88. The van der Waals surface area contributed by atoms with Crippen LogP contribution in [0.25, 0.3) is 0 Å². The summed E-state index contributed by atoms with van der Waals surface area (Å²) in [6.07, 6.45) is 0.763. The number of hydrogen-bond acceptors (Lipinski definition) is 1. The molecule has 2 aromatic carbocycles. The zero-order valence-electron chi connectivity index (χ0n) is 11.8. The standard InChI is InChI=1S/C17H19Cl2N/c1-11-6-7-12(2)14(8-11)13(10-20)9-15-16(18)4-3-5-17(15)19/h3-8,13H,9-10,20H2,1-2H3. The molecule has 0 aromatic heterocycles. The van der Waals surface area contributed by atoms with E-state index in [0.717, 1.165) is 12.0 Å². The Labute approximate surface area is 130 Å². The lowest BCUT2D eigenvalue weighted by molar-refractivity contribution is 0.689. The molecule has 3 heteroatoms. The lowest BCUT2D eigenvalue weighted by Gasteiger charge is -2.20. The van der Waals surface area contributed by atoms with Crippen LogP contribution in [0, 0.1) is 13.8 Å². The third-order valence-corrected chi connectivity index (χ3v) is 4.38. The molecule has 1 unspecified atom stereocenters. The van der Waals surface area contributed by atoms with Gasteiger partial charge in [-0.3, -0.25) is 0 Å². The van der Waals surface area contributed by atoms with E-state index in [1.54, 1.807) is 0 Å². The molecule has 0 bridgehead atoms. The zero-order valence-corrected chi connectivity index (χ0v) is 13.3. The van der Waals surface area contributed by atoms with Crippen molar-refractivity contribution in [2.75, 3.05) is 6.54 Å². The minimum absolute atomic E-state index is 0.229. The van der Waals surface area contributed by atoms with E-state index in [2.05, 4.69) is 32.0 Å². The molecule has 0 saturated heterocycles. The molecule has 1 nitrogen and oxygen atoms in total. The third-order valence-electron chi connectivity index (χ3n) is 3.67. The second kappa shape index (κ2) is 6.62. The number of nitrogens with two attached hydrogens (primary N) is 1. The summed E-state index contributed by atoms with van der Waals surface area (Å²) in [7, 11) is 0. The summed E-state index contributed by atoms with van der Waals surface area (Å²) in [5, 5.41) is 1.42. The smallest absolute Gasteiger partial charge is 0.0453 e. The highest BCUT2D eigenvalue weighted by Gasteiger charge is 2.16. The Hall–Kier alpha value is -1.02. The van der Waals surface area contributed by atoms with E-state index in [4.69, 9.17) is 28.9 Å². The average molecular weight is 308 g/mol. The van der Waals surface area contributed by atoms with E-state index < -0.39 is 0 Å². The molecule has 0 heterocycles. The topological polar surface area (TPSA) is 26.0 Å². The predicted molar refractivity (Wildman–Crippen MR) is 87.9 cm³/mol. The normalized spacial score (nSPS) is 12.4. The minimum atomic E-state index is 0.229. The van der Waals surface area contributed by atoms with Crippen LogP contribution in [0.2, 0.25) is 10.0 Å². The van der Waals surface area contributed by atoms with Gasteiger partial charge in [0.1, 0.15) is 0 Å². The van der Waals surface area contributed by atoms with E-state index in [9.17, 15) is 0 Å². The molecular weight excluding hydrogens is 289 g/mol. The third kappa shape index (κ3) is 3.35. The molecular formula is C17H19Cl2N. The molecule has 0 aliphatic heterocycles. The van der Waals surface area contributed by atoms with Crippen LogP contribution in [0.4, 0.5) is 0 Å². The monoisotopic (exact) mass is 307 g/mol. The second-order valence-corrected chi connectivity index (χ2v) is 6.01. The Morgan fingerprint density at radius 3 is 2.30 bits per heavy atom. The van der Waals surface area contributed by atoms with Crippen molar-refractivity contribution in [3.05, 3.63) is 68.7 Å². The van der Waals surface area contributed by atoms with E-state index >= 15 is 0 Å². The molecule has 106 valence electrons. The van der Waals surface area contributed by atoms with Crippen molar-refractivity contribution in [1.82, 2.24) is 0 Å². The van der Waals surface area contributed by atoms with Gasteiger partial charge in [-0.2, -0.15) is 0 Å². The quantitative estimate of drug-likeness (QED) is 0.854. The highest BCUT2D eigenvalue weighted by atomic mass is 35.5. The first kappa shape index (κ1) is 15.4. The second-order valence-electron chi connectivity index (χ2n) is 5.20. The number of rotatable bonds is 4. The van der Waals surface area contributed by atoms with Crippen molar-refractivity contribution in [2.45, 2.75) is 26.2 Å². The van der Waals surface area contributed by atoms with E-state index in [1.807, 2.05) is 18.2 Å². The maximum atomic E-state index is 6.26. The van der Waals surface area contributed by atoms with Gasteiger partial charge in [0.15, 0.2) is 0 Å². The number of halogens is 2. The van der Waals surface area contributed by atoms with Crippen molar-refractivity contribution in [3.8, 4) is 0 Å². The van der Waals surface area contributed by atoms with Crippen molar-refractivity contribution in [2.24, 2.45) is 5.73 Å². The molecule has 2 rings (SSSR count). The molecule has 0 saturated carbocycles. The average Bonchev–Trinajstić information content (AvgIpc) is 2.42. The van der Waals surface area contributed by atoms with Crippen molar-refractivity contribution in [3.63, 3.8) is 0 Å². The van der Waals surface area contributed by atoms with Crippen LogP contribution in [0.15, 0.2) is 36.4 Å². The molecule has 0 amide bonds. The summed E-state index contributed by atoms with van der Waals surface area (Å²) >= 11 is 12.5. The van der Waals surface area contributed by atoms with Crippen molar-refractivity contribution < 1.29 is 0 Å². The van der Waals surface area contributed by atoms with Gasteiger partial charge in [0.25, 0.3) is 0 Å². The fourth-order valence-corrected chi connectivity index (χ4v) is 3.05. The maximum Gasteiger partial charge on any atom is 0.0453 e. The molecule has 20 heavy (non-hydrogen) atoms. The first-order valence-electron chi connectivity index (χ1n) is 6.73. The summed E-state index contributed by atoms with van der Waals surface area (Å²) in [5.74, 6) is 0.229. The van der Waals surface area contributed by atoms with Crippen LogP contribution in [-0.2, 0) is 6.42 Å². The number of hydrogen-bond donors (Lipinski definition) is 1. The summed E-state index contributed by atoms with van der Waals surface area (Å²) in [6, 6.07) is 12.1. The molecule has 0 spiro atoms. The van der Waals surface area contributed by atoms with Gasteiger partial charge in [0, 0.05) is 16.0 Å². The number of aryl methyl sites for hydroxylation is 2. The van der Waals surface area contributed by atoms with Crippen LogP contribution >= 0.6 is 23.2 Å². The SMILES string of the molecule is Cc1ccc(C)c(C(CN)Cc2c(Cl)cccc2Cl)c1. The molecule has 2 N–H and O–H groups in total. The Morgan fingerprint density at radius 2 is 1.70 bits per heavy atom. The van der Waals surface area contributed by atoms with E-state index in [1.165, 1.54) is 16.7 Å². The van der Waals surface area contributed by atoms with Crippen molar-refractivity contribution >= 4 is 23.2 Å². The van der Waals surface area contributed by atoms with Crippen LogP contribution in [0.1, 0.15) is 28.2 Å². The Balaban J connectivity index is 2.36. The largest absolute Gasteiger partial charge is 0.330 e. The van der Waals surface area contributed by atoms with Gasteiger partial charge in [-0.15, -0.1) is 0 Å². The Kier molecular flexibility index (Phi) is 5.09. The lowest BCUT2D eigenvalue weighted by Crippen LogP contribution is -2.16. The van der Waals surface area contributed by atoms with Gasteiger partial charge in [-0.05, 0) is 55.6 Å². The molecule has 0 aliphatic rings. The Morgan fingerprint density at radius 1 is 1.05 bits per heavy atom. The molecule has 0 radical (unpaired) electrons. The van der Waals surface area contributed by atoms with Gasteiger partial charge in [0.2, 0.25) is 0 Å². The minimum Gasteiger partial charge on any atom is -0.330 e. The van der Waals surface area contributed by atoms with Gasteiger partial charge in [-0.25, -0.2) is 0 Å². The summed E-state index contributed by atoms with van der Waals surface area (Å²) < 4.78 is 0. The van der Waals surface area contributed by atoms with Crippen molar-refractivity contribution in [1.29, 1.82) is 0 Å². The molecule has 1 atom stereocenters. The Bertz CT molecular complexity index is 588. The summed E-state index contributed by atoms with van der Waals surface area (Å²) in [5.41, 5.74) is 10.7. The predicted octanol–water partition coefficient (Wildman–Crippen LogP) is 4.90. The zero-order chi connectivity index (χ0) is 14.7. The van der Waals surface area contributed by atoms with Crippen LogP contribution in [-0.4, -0.2) is 6.54 Å². The molecule has 0 aliphatic carbocycles. The first-order valence-corrected chi connectivity index (χ1v) is 7.48. The van der Waals surface area contributed by atoms with Crippen LogP contribution in [0.3, 0.4) is 0 Å². The van der Waals surface area contributed by atoms with Gasteiger partial charge >= 0.3 is 0 Å². The van der Waals surface area contributed by atoms with Crippen LogP contribution < -0.4 is 5.73 Å². The molecule has 0 fully saturated rings. The van der Waals surface area contributed by atoms with Gasteiger partial charge in [-0.1, -0.05) is 53.0 Å². The number of benzene rings is 2. The highest BCUT2D eigenvalue weighted by molar-refractivity contribution is 6.36. The van der Waals surface area contributed by atoms with Gasteiger partial charge in [0.05, 0.1) is 0 Å². The van der Waals surface area contributed by atoms with E-state index in [-0.39, 0.29) is 5.92 Å². The highest BCUT2D eigenvalue weighted by Crippen LogP contribution is 2.31. The molecule has 2 aromatic rings. The fourth-order valence-electron chi connectivity index (χ4n) is 2.49. The fraction of sp³-hybridized carbons (Fsp3) is 0.294. The first-order chi connectivity index (χ1) is 9.52. The van der Waals surface area contributed by atoms with E-state index in [0.29, 0.717) is 16.6 Å². The summed E-state index contributed by atoms with van der Waals surface area (Å²) in [6.45, 7) is 4.79.